The monoisotopic (exact) mass is 251 g/mol. The van der Waals surface area contributed by atoms with Gasteiger partial charge in [0.05, 0.1) is 6.10 Å². The van der Waals surface area contributed by atoms with E-state index in [9.17, 15) is 18.3 Å². The second kappa shape index (κ2) is 5.60. The molecule has 0 radical (unpaired) electrons. The minimum atomic E-state index is -3.71. The largest absolute Gasteiger partial charge is 0.480 e. The highest BCUT2D eigenvalue weighted by Crippen LogP contribution is 2.23. The number of carboxylic acid groups (broad SMARTS) is 1. The van der Waals surface area contributed by atoms with Gasteiger partial charge in [0.1, 0.15) is 0 Å². The minimum absolute atomic E-state index is 0.201. The predicted octanol–water partition coefficient (Wildman–Crippen LogP) is -0.458. The van der Waals surface area contributed by atoms with Crippen molar-refractivity contribution in [3.63, 3.8) is 0 Å². The van der Waals surface area contributed by atoms with Crippen LogP contribution in [0, 0.1) is 5.92 Å². The zero-order valence-electron chi connectivity index (χ0n) is 8.92. The smallest absolute Gasteiger partial charge is 0.320 e. The summed E-state index contributed by atoms with van der Waals surface area (Å²) >= 11 is 0. The van der Waals surface area contributed by atoms with Gasteiger partial charge < -0.3 is 10.2 Å². The van der Waals surface area contributed by atoms with Crippen molar-refractivity contribution >= 4 is 16.0 Å². The van der Waals surface area contributed by atoms with Crippen LogP contribution in [0.2, 0.25) is 0 Å². The molecule has 0 unspecified atom stereocenters. The third-order valence-corrected chi connectivity index (χ3v) is 3.96. The van der Waals surface area contributed by atoms with E-state index in [2.05, 4.69) is 4.72 Å². The number of aliphatic carboxylic acids is 1. The van der Waals surface area contributed by atoms with Crippen molar-refractivity contribution in [2.45, 2.75) is 31.8 Å². The molecule has 0 heterocycles. The zero-order chi connectivity index (χ0) is 12.2. The van der Waals surface area contributed by atoms with Crippen LogP contribution in [0.1, 0.15) is 25.7 Å². The van der Waals surface area contributed by atoms with E-state index >= 15 is 0 Å². The molecule has 1 rings (SSSR count). The van der Waals surface area contributed by atoms with Crippen LogP contribution in [-0.2, 0) is 14.8 Å². The fraction of sp³-hybridized carbons (Fsp3) is 0.889. The van der Waals surface area contributed by atoms with Gasteiger partial charge in [0.15, 0.2) is 5.75 Å². The molecule has 0 spiro atoms. The average molecular weight is 251 g/mol. The van der Waals surface area contributed by atoms with Crippen molar-refractivity contribution in [1.29, 1.82) is 0 Å². The highest BCUT2D eigenvalue weighted by atomic mass is 32.2. The molecule has 0 bridgehead atoms. The Kier molecular flexibility index (Phi) is 4.69. The SMILES string of the molecule is O=C(O)CS(=O)(=O)NCC1CCC(O)CC1. The molecule has 1 aliphatic carbocycles. The summed E-state index contributed by atoms with van der Waals surface area (Å²) < 4.78 is 24.7. The normalized spacial score (nSPS) is 26.6. The lowest BCUT2D eigenvalue weighted by Crippen LogP contribution is -2.35. The predicted molar refractivity (Wildman–Crippen MR) is 57.4 cm³/mol. The summed E-state index contributed by atoms with van der Waals surface area (Å²) in [6.07, 6.45) is 2.65. The zero-order valence-corrected chi connectivity index (χ0v) is 9.74. The number of aliphatic hydroxyl groups excluding tert-OH is 1. The van der Waals surface area contributed by atoms with Crippen LogP contribution in [0.25, 0.3) is 0 Å². The number of hydrogen-bond donors (Lipinski definition) is 3. The third-order valence-electron chi connectivity index (χ3n) is 2.72. The van der Waals surface area contributed by atoms with Gasteiger partial charge in [0, 0.05) is 6.54 Å². The lowest BCUT2D eigenvalue weighted by molar-refractivity contribution is -0.134. The molecule has 0 amide bonds. The summed E-state index contributed by atoms with van der Waals surface area (Å²) in [5.41, 5.74) is 0. The standard InChI is InChI=1S/C9H17NO5S/c11-8-3-1-7(2-4-8)5-10-16(14,15)6-9(12)13/h7-8,10-11H,1-6H2,(H,12,13). The molecule has 16 heavy (non-hydrogen) atoms. The first-order chi connectivity index (χ1) is 7.39. The van der Waals surface area contributed by atoms with E-state index < -0.39 is 21.7 Å². The van der Waals surface area contributed by atoms with E-state index in [0.717, 1.165) is 12.8 Å². The van der Waals surface area contributed by atoms with Gasteiger partial charge >= 0.3 is 5.97 Å². The number of nitrogens with one attached hydrogen (secondary N) is 1. The van der Waals surface area contributed by atoms with Gasteiger partial charge in [0.2, 0.25) is 10.0 Å². The van der Waals surface area contributed by atoms with Gasteiger partial charge in [-0.2, -0.15) is 0 Å². The van der Waals surface area contributed by atoms with Crippen LogP contribution >= 0.6 is 0 Å². The first-order valence-corrected chi connectivity index (χ1v) is 6.91. The molecule has 0 aromatic rings. The van der Waals surface area contributed by atoms with E-state index in [1.54, 1.807) is 0 Å². The molecule has 1 fully saturated rings. The van der Waals surface area contributed by atoms with Gasteiger partial charge in [0.25, 0.3) is 0 Å². The number of hydrogen-bond acceptors (Lipinski definition) is 4. The molecular weight excluding hydrogens is 234 g/mol. The number of sulfonamides is 1. The molecule has 3 N–H and O–H groups in total. The van der Waals surface area contributed by atoms with Crippen LogP contribution in [0.3, 0.4) is 0 Å². The van der Waals surface area contributed by atoms with E-state index in [0.29, 0.717) is 12.8 Å². The maximum absolute atomic E-state index is 11.2. The molecule has 0 atom stereocenters. The number of aliphatic hydroxyl groups is 1. The van der Waals surface area contributed by atoms with E-state index in [4.69, 9.17) is 5.11 Å². The highest BCUT2D eigenvalue weighted by molar-refractivity contribution is 7.90. The topological polar surface area (TPSA) is 104 Å². The van der Waals surface area contributed by atoms with E-state index in [1.165, 1.54) is 0 Å². The van der Waals surface area contributed by atoms with Crippen molar-refractivity contribution in [2.75, 3.05) is 12.3 Å². The molecule has 94 valence electrons. The van der Waals surface area contributed by atoms with Crippen molar-refractivity contribution in [3.05, 3.63) is 0 Å². The first-order valence-electron chi connectivity index (χ1n) is 5.26. The quantitative estimate of drug-likeness (QED) is 0.613. The van der Waals surface area contributed by atoms with Crippen LogP contribution in [-0.4, -0.2) is 43.0 Å². The lowest BCUT2D eigenvalue weighted by atomic mass is 9.88. The third kappa shape index (κ3) is 4.91. The summed E-state index contributed by atoms with van der Waals surface area (Å²) in [6.45, 7) is 0.266. The summed E-state index contributed by atoms with van der Waals surface area (Å²) in [6, 6.07) is 0. The van der Waals surface area contributed by atoms with Gasteiger partial charge in [-0.15, -0.1) is 0 Å². The molecule has 6 nitrogen and oxygen atoms in total. The summed E-state index contributed by atoms with van der Waals surface area (Å²) in [4.78, 5) is 10.3. The van der Waals surface area contributed by atoms with Gasteiger partial charge in [-0.3, -0.25) is 4.79 Å². The molecule has 0 aromatic heterocycles. The first kappa shape index (κ1) is 13.4. The van der Waals surface area contributed by atoms with Gasteiger partial charge in [-0.05, 0) is 31.6 Å². The van der Waals surface area contributed by atoms with E-state index in [1.807, 2.05) is 0 Å². The maximum atomic E-state index is 11.2. The fourth-order valence-electron chi connectivity index (χ4n) is 1.81. The Bertz CT molecular complexity index is 332. The average Bonchev–Trinajstić information content (AvgIpc) is 2.15. The molecule has 1 saturated carbocycles. The second-order valence-corrected chi connectivity index (χ2v) is 5.98. The Hall–Kier alpha value is -0.660. The molecule has 0 saturated heterocycles. The lowest BCUT2D eigenvalue weighted by Gasteiger charge is -2.25. The maximum Gasteiger partial charge on any atom is 0.320 e. The minimum Gasteiger partial charge on any atom is -0.480 e. The Morgan fingerprint density at radius 1 is 1.25 bits per heavy atom. The van der Waals surface area contributed by atoms with Crippen molar-refractivity contribution in [3.8, 4) is 0 Å². The van der Waals surface area contributed by atoms with Gasteiger partial charge in [-0.25, -0.2) is 13.1 Å². The number of rotatable bonds is 5. The van der Waals surface area contributed by atoms with Crippen LogP contribution in [0.4, 0.5) is 0 Å². The number of carbonyl (C=O) groups is 1. The van der Waals surface area contributed by atoms with Crippen molar-refractivity contribution in [1.82, 2.24) is 4.72 Å². The Morgan fingerprint density at radius 3 is 2.31 bits per heavy atom. The molecule has 7 heteroatoms. The van der Waals surface area contributed by atoms with Crippen molar-refractivity contribution in [2.24, 2.45) is 5.92 Å². The van der Waals surface area contributed by atoms with Crippen LogP contribution < -0.4 is 4.72 Å². The summed E-state index contributed by atoms with van der Waals surface area (Å²) in [7, 11) is -3.71. The molecule has 0 aliphatic heterocycles. The number of carboxylic acids is 1. The fourth-order valence-corrected chi connectivity index (χ4v) is 2.72. The van der Waals surface area contributed by atoms with Gasteiger partial charge in [-0.1, -0.05) is 0 Å². The summed E-state index contributed by atoms with van der Waals surface area (Å²) in [5.74, 6) is -2.04. The van der Waals surface area contributed by atoms with Crippen LogP contribution in [0.15, 0.2) is 0 Å². The van der Waals surface area contributed by atoms with Crippen LogP contribution in [0.5, 0.6) is 0 Å². The highest BCUT2D eigenvalue weighted by Gasteiger charge is 2.22. The Morgan fingerprint density at radius 2 is 1.81 bits per heavy atom. The molecular formula is C9H17NO5S. The second-order valence-electron chi connectivity index (χ2n) is 4.18. The Balaban J connectivity index is 2.31. The summed E-state index contributed by atoms with van der Waals surface area (Å²) in [5, 5.41) is 17.6. The Labute approximate surface area is 94.7 Å². The van der Waals surface area contributed by atoms with Crippen molar-refractivity contribution < 1.29 is 23.4 Å². The molecule has 0 aromatic carbocycles. The molecule has 1 aliphatic rings. The van der Waals surface area contributed by atoms with E-state index in [-0.39, 0.29) is 18.6 Å².